The number of carboxylic acid groups (broad SMARTS) is 1. The van der Waals surface area contributed by atoms with Crippen molar-refractivity contribution in [2.24, 2.45) is 11.7 Å². The van der Waals surface area contributed by atoms with Gasteiger partial charge in [0.05, 0.1) is 0 Å². The number of aliphatic carboxylic acids is 1. The van der Waals surface area contributed by atoms with Gasteiger partial charge < -0.3 is 20.5 Å². The molecule has 3 N–H and O–H groups in total. The Bertz CT molecular complexity index is 1070. The molecule has 2 aromatic carbocycles. The molecule has 1 aliphatic carbocycles. The van der Waals surface area contributed by atoms with Crippen molar-refractivity contribution in [1.29, 1.82) is 0 Å². The summed E-state index contributed by atoms with van der Waals surface area (Å²) in [6.45, 7) is 0. The van der Waals surface area contributed by atoms with Crippen LogP contribution in [0.5, 0.6) is 0 Å². The molecule has 9 heteroatoms. The average molecular weight is 432 g/mol. The molecule has 2 aliphatic rings. The van der Waals surface area contributed by atoms with Crippen LogP contribution in [0.1, 0.15) is 41.1 Å². The third kappa shape index (κ3) is 3.29. The summed E-state index contributed by atoms with van der Waals surface area (Å²) in [5, 5.41) is 9.81. The molecule has 1 aliphatic heterocycles. The fourth-order valence-corrected chi connectivity index (χ4v) is 4.84. The molecule has 6 nitrogen and oxygen atoms in total. The number of hydrogen-bond donors (Lipinski definition) is 2. The lowest BCUT2D eigenvalue weighted by atomic mass is 9.58. The zero-order chi connectivity index (χ0) is 22.5. The molecule has 0 aromatic heterocycles. The molecule has 162 valence electrons. The zero-order valence-corrected chi connectivity index (χ0v) is 16.2. The van der Waals surface area contributed by atoms with Crippen molar-refractivity contribution in [3.8, 4) is 0 Å². The first-order chi connectivity index (χ1) is 14.7. The van der Waals surface area contributed by atoms with Crippen molar-refractivity contribution < 1.29 is 32.7 Å². The highest BCUT2D eigenvalue weighted by atomic mass is 19.1. The number of halogens is 3. The van der Waals surface area contributed by atoms with Crippen LogP contribution in [0.15, 0.2) is 36.4 Å². The van der Waals surface area contributed by atoms with Crippen molar-refractivity contribution in [3.05, 3.63) is 65.0 Å². The third-order valence-electron chi connectivity index (χ3n) is 6.34. The second-order valence-corrected chi connectivity index (χ2v) is 8.04. The molecule has 0 bridgehead atoms. The Morgan fingerprint density at radius 1 is 1.10 bits per heavy atom. The lowest BCUT2D eigenvalue weighted by Gasteiger charge is -2.55. The molecule has 1 fully saturated rings. The lowest BCUT2D eigenvalue weighted by molar-refractivity contribution is -0.147. The molecule has 0 saturated heterocycles. The van der Waals surface area contributed by atoms with Gasteiger partial charge in [0, 0.05) is 35.7 Å². The topological polar surface area (TPSA) is 101 Å². The maximum absolute atomic E-state index is 14.2. The Morgan fingerprint density at radius 2 is 1.77 bits per heavy atom. The van der Waals surface area contributed by atoms with E-state index < -0.39 is 59.2 Å². The number of rotatable bonds is 5. The first kappa shape index (κ1) is 21.0. The number of nitrogens with zero attached hydrogens (tertiary/aromatic N) is 1. The Labute approximate surface area is 175 Å². The zero-order valence-electron chi connectivity index (χ0n) is 16.2. The molecule has 4 atom stereocenters. The maximum Gasteiger partial charge on any atom is 0.324 e. The number of hydrogen-bond acceptors (Lipinski definition) is 4. The van der Waals surface area contributed by atoms with E-state index in [0.29, 0.717) is 25.2 Å². The summed E-state index contributed by atoms with van der Waals surface area (Å²) in [5.41, 5.74) is 4.37. The number of benzene rings is 2. The molecule has 0 spiro atoms. The second-order valence-electron chi connectivity index (χ2n) is 8.04. The van der Waals surface area contributed by atoms with Gasteiger partial charge in [-0.1, -0.05) is 0 Å². The van der Waals surface area contributed by atoms with Crippen LogP contribution in [-0.4, -0.2) is 34.8 Å². The fraction of sp³-hybridized carbons (Fsp3) is 0.318. The summed E-state index contributed by atoms with van der Waals surface area (Å²) < 4.78 is 41.6. The molecule has 2 aromatic rings. The molecule has 4 rings (SSSR count). The van der Waals surface area contributed by atoms with Crippen LogP contribution in [0, 0.1) is 23.4 Å². The Hall–Kier alpha value is -3.20. The minimum atomic E-state index is -1.99. The highest BCUT2D eigenvalue weighted by molar-refractivity contribution is 6.07. The lowest BCUT2D eigenvalue weighted by Crippen LogP contribution is -2.64. The Kier molecular flexibility index (Phi) is 5.09. The number of aldehydes is 1. The number of fused-ring (bicyclic) bond motifs is 2. The second kappa shape index (κ2) is 7.49. The summed E-state index contributed by atoms with van der Waals surface area (Å²) in [5.74, 6) is -5.97. The first-order valence-electron chi connectivity index (χ1n) is 9.72. The van der Waals surface area contributed by atoms with Crippen LogP contribution in [0.3, 0.4) is 0 Å². The highest BCUT2D eigenvalue weighted by Gasteiger charge is 2.57. The molecule has 31 heavy (non-hydrogen) atoms. The van der Waals surface area contributed by atoms with Gasteiger partial charge in [-0.2, -0.15) is 0 Å². The number of carboxylic acids is 1. The summed E-state index contributed by atoms with van der Waals surface area (Å²) in [6, 6.07) is 5.50. The van der Waals surface area contributed by atoms with E-state index in [1.165, 1.54) is 11.0 Å². The van der Waals surface area contributed by atoms with E-state index in [1.807, 2.05) is 0 Å². The largest absolute Gasteiger partial charge is 0.480 e. The van der Waals surface area contributed by atoms with Crippen molar-refractivity contribution in [3.63, 3.8) is 0 Å². The van der Waals surface area contributed by atoms with Crippen molar-refractivity contribution in [1.82, 2.24) is 0 Å². The van der Waals surface area contributed by atoms with Gasteiger partial charge >= 0.3 is 5.97 Å². The van der Waals surface area contributed by atoms with E-state index in [0.717, 1.165) is 24.3 Å². The van der Waals surface area contributed by atoms with E-state index >= 15 is 0 Å². The maximum atomic E-state index is 14.2. The molecule has 1 amide bonds. The van der Waals surface area contributed by atoms with E-state index in [2.05, 4.69) is 0 Å². The van der Waals surface area contributed by atoms with Crippen LogP contribution in [0.25, 0.3) is 0 Å². The smallest absolute Gasteiger partial charge is 0.324 e. The van der Waals surface area contributed by atoms with Crippen LogP contribution in [0.4, 0.5) is 18.9 Å². The number of carbonyl (C=O) groups excluding carboxylic acids is 2. The fourth-order valence-electron chi connectivity index (χ4n) is 4.84. The van der Waals surface area contributed by atoms with Gasteiger partial charge in [0.1, 0.15) is 29.3 Å². The molecular weight excluding hydrogens is 413 g/mol. The van der Waals surface area contributed by atoms with Crippen molar-refractivity contribution in [2.45, 2.75) is 36.8 Å². The number of nitrogens with two attached hydrogens (primary N) is 1. The predicted molar refractivity (Wildman–Crippen MR) is 104 cm³/mol. The minimum Gasteiger partial charge on any atom is -0.480 e. The number of carbonyl (C=O) groups is 3. The van der Waals surface area contributed by atoms with Gasteiger partial charge in [-0.05, 0) is 54.7 Å². The van der Waals surface area contributed by atoms with Crippen LogP contribution in [-0.2, 0) is 9.59 Å². The van der Waals surface area contributed by atoms with Crippen LogP contribution < -0.4 is 10.6 Å². The summed E-state index contributed by atoms with van der Waals surface area (Å²) >= 11 is 0. The van der Waals surface area contributed by atoms with Crippen LogP contribution in [0.2, 0.25) is 0 Å². The van der Waals surface area contributed by atoms with Gasteiger partial charge in [0.2, 0.25) is 0 Å². The molecular formula is C22H19F3N2O4. The van der Waals surface area contributed by atoms with Crippen LogP contribution >= 0.6 is 0 Å². The molecule has 1 heterocycles. The first-order valence-corrected chi connectivity index (χ1v) is 9.72. The standard InChI is InChI=1S/C22H19F3N2O4/c23-12-1-3-18-16(10-12)19(22(26,5-6-28)21(30)31)15-2-4-17(15)27(18)20(29)11-7-13(24)9-14(25)8-11/h1,3,6-10,15,17,19H,2,4-5,26H2,(H,30,31). The highest BCUT2D eigenvalue weighted by Crippen LogP contribution is 2.55. The van der Waals surface area contributed by atoms with Gasteiger partial charge in [-0.3, -0.25) is 9.59 Å². The van der Waals surface area contributed by atoms with Gasteiger partial charge in [-0.15, -0.1) is 0 Å². The molecule has 4 unspecified atom stereocenters. The quantitative estimate of drug-likeness (QED) is 0.708. The third-order valence-corrected chi connectivity index (χ3v) is 6.34. The Balaban J connectivity index is 1.88. The van der Waals surface area contributed by atoms with Crippen molar-refractivity contribution >= 4 is 23.9 Å². The molecule has 0 radical (unpaired) electrons. The van der Waals surface area contributed by atoms with Crippen molar-refractivity contribution in [2.75, 3.05) is 4.90 Å². The number of anilines is 1. The van der Waals surface area contributed by atoms with Gasteiger partial charge in [0.25, 0.3) is 5.91 Å². The average Bonchev–Trinajstić information content (AvgIpc) is 2.67. The molecule has 1 saturated carbocycles. The van der Waals surface area contributed by atoms with Gasteiger partial charge in [-0.25, -0.2) is 13.2 Å². The van der Waals surface area contributed by atoms with E-state index in [1.54, 1.807) is 0 Å². The Morgan fingerprint density at radius 3 is 2.32 bits per heavy atom. The summed E-state index contributed by atoms with van der Waals surface area (Å²) in [6.07, 6.45) is 0.916. The minimum absolute atomic E-state index is 0.179. The predicted octanol–water partition coefficient (Wildman–Crippen LogP) is 3.00. The van der Waals surface area contributed by atoms with E-state index in [9.17, 15) is 32.7 Å². The normalized spacial score (nSPS) is 23.7. The van der Waals surface area contributed by atoms with E-state index in [4.69, 9.17) is 5.73 Å². The number of amides is 1. The van der Waals surface area contributed by atoms with Gasteiger partial charge in [0.15, 0.2) is 0 Å². The summed E-state index contributed by atoms with van der Waals surface area (Å²) in [4.78, 5) is 37.9. The van der Waals surface area contributed by atoms with E-state index in [-0.39, 0.29) is 16.8 Å². The monoisotopic (exact) mass is 432 g/mol. The SMILES string of the molecule is NC(CC=O)(C(=O)O)C1c2cc(F)ccc2N(C(=O)c2cc(F)cc(F)c2)C2CCC21. The summed E-state index contributed by atoms with van der Waals surface area (Å²) in [7, 11) is 0.